The molecule has 3 aromatic rings. The summed E-state index contributed by atoms with van der Waals surface area (Å²) >= 11 is 0. The number of carbonyl (C=O) groups is 2. The van der Waals surface area contributed by atoms with E-state index < -0.39 is 29.3 Å². The lowest BCUT2D eigenvalue weighted by atomic mass is 10.1. The fourth-order valence-electron chi connectivity index (χ4n) is 3.13. The molecule has 31 heavy (non-hydrogen) atoms. The van der Waals surface area contributed by atoms with E-state index in [9.17, 15) is 22.8 Å². The first-order valence-corrected chi connectivity index (χ1v) is 9.43. The number of ether oxygens (including phenoxy) is 1. The number of nitrogens with zero attached hydrogens (tertiary/aromatic N) is 2. The van der Waals surface area contributed by atoms with Crippen molar-refractivity contribution in [1.29, 1.82) is 0 Å². The van der Waals surface area contributed by atoms with Gasteiger partial charge in [0, 0.05) is 11.3 Å². The Hall–Kier alpha value is -3.62. The second-order valence-corrected chi connectivity index (χ2v) is 6.80. The minimum absolute atomic E-state index is 0.0477. The number of alkyl halides is 3. The van der Waals surface area contributed by atoms with Crippen molar-refractivity contribution < 1.29 is 27.5 Å². The number of esters is 1. The van der Waals surface area contributed by atoms with Crippen molar-refractivity contribution in [2.45, 2.75) is 26.9 Å². The standard InChI is InChI=1S/C22H20F3N3O3/c1-4-31-21(30)17-12-26-28(19(17)22(23,24)25)16-10-8-15(9-11-16)20(29)27-18-13(2)6-5-7-14(18)3/h5-12H,4H2,1-3H3,(H,27,29). The first kappa shape index (κ1) is 22.1. The number of halogens is 3. The number of hydrogen-bond donors (Lipinski definition) is 1. The first-order valence-electron chi connectivity index (χ1n) is 9.43. The van der Waals surface area contributed by atoms with Crippen LogP contribution < -0.4 is 5.32 Å². The minimum Gasteiger partial charge on any atom is -0.462 e. The normalized spacial score (nSPS) is 11.3. The SMILES string of the molecule is CCOC(=O)c1cnn(-c2ccc(C(=O)Nc3c(C)cccc3C)cc2)c1C(F)(F)F. The number of aryl methyl sites for hydroxylation is 2. The molecule has 162 valence electrons. The van der Waals surface area contributed by atoms with Crippen molar-refractivity contribution in [3.05, 3.63) is 76.6 Å². The van der Waals surface area contributed by atoms with Crippen LogP contribution in [0.4, 0.5) is 18.9 Å². The molecule has 9 heteroatoms. The van der Waals surface area contributed by atoms with E-state index in [1.807, 2.05) is 32.0 Å². The van der Waals surface area contributed by atoms with Gasteiger partial charge in [-0.2, -0.15) is 18.3 Å². The van der Waals surface area contributed by atoms with Crippen molar-refractivity contribution in [2.24, 2.45) is 0 Å². The van der Waals surface area contributed by atoms with E-state index in [2.05, 4.69) is 10.4 Å². The Labute approximate surface area is 176 Å². The zero-order valence-corrected chi connectivity index (χ0v) is 17.1. The number of carbonyl (C=O) groups excluding carboxylic acids is 2. The number of para-hydroxylation sites is 1. The van der Waals surface area contributed by atoms with E-state index in [0.29, 0.717) is 10.4 Å². The maximum absolute atomic E-state index is 13.6. The molecule has 0 unspecified atom stereocenters. The van der Waals surface area contributed by atoms with Crippen LogP contribution in [0.25, 0.3) is 5.69 Å². The molecule has 1 aromatic heterocycles. The Morgan fingerprint density at radius 3 is 2.23 bits per heavy atom. The molecule has 1 amide bonds. The minimum atomic E-state index is -4.84. The van der Waals surface area contributed by atoms with Gasteiger partial charge in [0.05, 0.1) is 18.5 Å². The molecule has 0 aliphatic rings. The van der Waals surface area contributed by atoms with Crippen LogP contribution in [-0.2, 0) is 10.9 Å². The summed E-state index contributed by atoms with van der Waals surface area (Å²) in [4.78, 5) is 24.5. The van der Waals surface area contributed by atoms with Crippen LogP contribution in [0, 0.1) is 13.8 Å². The molecule has 0 radical (unpaired) electrons. The van der Waals surface area contributed by atoms with E-state index >= 15 is 0 Å². The van der Waals surface area contributed by atoms with E-state index in [1.165, 1.54) is 31.2 Å². The molecule has 2 aromatic carbocycles. The lowest BCUT2D eigenvalue weighted by Gasteiger charge is -2.13. The molecule has 0 spiro atoms. The highest BCUT2D eigenvalue weighted by atomic mass is 19.4. The van der Waals surface area contributed by atoms with Gasteiger partial charge in [0.25, 0.3) is 5.91 Å². The Balaban J connectivity index is 1.91. The van der Waals surface area contributed by atoms with Gasteiger partial charge in [0.15, 0.2) is 5.69 Å². The molecule has 0 fully saturated rings. The van der Waals surface area contributed by atoms with E-state index in [4.69, 9.17) is 4.74 Å². The predicted molar refractivity (Wildman–Crippen MR) is 108 cm³/mol. The van der Waals surface area contributed by atoms with Gasteiger partial charge in [-0.05, 0) is 56.2 Å². The number of benzene rings is 2. The molecular weight excluding hydrogens is 411 g/mol. The van der Waals surface area contributed by atoms with Gasteiger partial charge in [0.1, 0.15) is 5.56 Å². The van der Waals surface area contributed by atoms with Crippen molar-refractivity contribution >= 4 is 17.6 Å². The quantitative estimate of drug-likeness (QED) is 0.581. The number of aromatic nitrogens is 2. The zero-order valence-electron chi connectivity index (χ0n) is 17.1. The zero-order chi connectivity index (χ0) is 22.8. The third-order valence-corrected chi connectivity index (χ3v) is 4.63. The van der Waals surface area contributed by atoms with Gasteiger partial charge in [-0.25, -0.2) is 9.48 Å². The van der Waals surface area contributed by atoms with Crippen molar-refractivity contribution in [3.8, 4) is 5.69 Å². The number of rotatable bonds is 5. The lowest BCUT2D eigenvalue weighted by Crippen LogP contribution is -2.18. The van der Waals surface area contributed by atoms with E-state index in [1.54, 1.807) is 0 Å². The maximum Gasteiger partial charge on any atom is 0.434 e. The van der Waals surface area contributed by atoms with Crippen LogP contribution in [0.2, 0.25) is 0 Å². The van der Waals surface area contributed by atoms with Gasteiger partial charge in [-0.3, -0.25) is 4.79 Å². The lowest BCUT2D eigenvalue weighted by molar-refractivity contribution is -0.143. The van der Waals surface area contributed by atoms with Gasteiger partial charge in [-0.1, -0.05) is 18.2 Å². The van der Waals surface area contributed by atoms with Crippen molar-refractivity contribution in [2.75, 3.05) is 11.9 Å². The van der Waals surface area contributed by atoms with Gasteiger partial charge < -0.3 is 10.1 Å². The second kappa shape index (κ2) is 8.63. The monoisotopic (exact) mass is 431 g/mol. The van der Waals surface area contributed by atoms with Crippen LogP contribution >= 0.6 is 0 Å². The van der Waals surface area contributed by atoms with Crippen molar-refractivity contribution in [1.82, 2.24) is 9.78 Å². The van der Waals surface area contributed by atoms with Gasteiger partial charge in [0.2, 0.25) is 0 Å². The molecular formula is C22H20F3N3O3. The first-order chi connectivity index (χ1) is 14.6. The fraction of sp³-hybridized carbons (Fsp3) is 0.227. The van der Waals surface area contributed by atoms with Crippen LogP contribution in [0.3, 0.4) is 0 Å². The summed E-state index contributed by atoms with van der Waals surface area (Å²) in [7, 11) is 0. The van der Waals surface area contributed by atoms with E-state index in [0.717, 1.165) is 17.3 Å². The van der Waals surface area contributed by atoms with Crippen molar-refractivity contribution in [3.63, 3.8) is 0 Å². The largest absolute Gasteiger partial charge is 0.462 e. The summed E-state index contributed by atoms with van der Waals surface area (Å²) in [6, 6.07) is 11.1. The fourth-order valence-corrected chi connectivity index (χ4v) is 3.13. The molecule has 0 aliphatic heterocycles. The Morgan fingerprint density at radius 1 is 1.06 bits per heavy atom. The average molecular weight is 431 g/mol. The molecule has 3 rings (SSSR count). The highest BCUT2D eigenvalue weighted by Crippen LogP contribution is 2.34. The molecule has 0 saturated carbocycles. The molecule has 1 heterocycles. The summed E-state index contributed by atoms with van der Waals surface area (Å²) in [6.07, 6.45) is -4.01. The number of hydrogen-bond acceptors (Lipinski definition) is 4. The number of nitrogens with one attached hydrogen (secondary N) is 1. The number of amides is 1. The Bertz CT molecular complexity index is 1100. The van der Waals surface area contributed by atoms with Crippen LogP contribution in [0.15, 0.2) is 48.7 Å². The van der Waals surface area contributed by atoms with Gasteiger partial charge >= 0.3 is 12.1 Å². The Kier molecular flexibility index (Phi) is 6.14. The number of anilines is 1. The summed E-state index contributed by atoms with van der Waals surface area (Å²) in [6.45, 7) is 5.16. The molecule has 0 bridgehead atoms. The van der Waals surface area contributed by atoms with E-state index in [-0.39, 0.29) is 17.9 Å². The molecule has 0 atom stereocenters. The van der Waals surface area contributed by atoms with Crippen LogP contribution in [0.5, 0.6) is 0 Å². The third kappa shape index (κ3) is 4.60. The molecule has 1 N–H and O–H groups in total. The highest BCUT2D eigenvalue weighted by Gasteiger charge is 2.41. The summed E-state index contributed by atoms with van der Waals surface area (Å²) < 4.78 is 46.2. The topological polar surface area (TPSA) is 73.2 Å². The predicted octanol–water partition coefficient (Wildman–Crippen LogP) is 4.94. The van der Waals surface area contributed by atoms with Gasteiger partial charge in [-0.15, -0.1) is 0 Å². The summed E-state index contributed by atoms with van der Waals surface area (Å²) in [5, 5.41) is 6.54. The average Bonchev–Trinajstić information content (AvgIpc) is 3.17. The Morgan fingerprint density at radius 2 is 1.68 bits per heavy atom. The summed E-state index contributed by atoms with van der Waals surface area (Å²) in [5.74, 6) is -1.50. The highest BCUT2D eigenvalue weighted by molar-refractivity contribution is 6.05. The molecule has 0 saturated heterocycles. The second-order valence-electron chi connectivity index (χ2n) is 6.80. The molecule has 0 aliphatic carbocycles. The van der Waals surface area contributed by atoms with Crippen LogP contribution in [-0.4, -0.2) is 28.3 Å². The summed E-state index contributed by atoms with van der Waals surface area (Å²) in [5.41, 5.74) is 0.863. The molecule has 6 nitrogen and oxygen atoms in total. The van der Waals surface area contributed by atoms with Crippen LogP contribution in [0.1, 0.15) is 44.5 Å². The smallest absolute Gasteiger partial charge is 0.434 e. The maximum atomic E-state index is 13.6. The third-order valence-electron chi connectivity index (χ3n) is 4.63.